The van der Waals surface area contributed by atoms with Crippen molar-refractivity contribution in [1.29, 1.82) is 0 Å². The molecule has 2 heterocycles. The molecule has 0 aliphatic carbocycles. The van der Waals surface area contributed by atoms with Gasteiger partial charge in [-0.25, -0.2) is 4.98 Å². The first-order valence-electron chi connectivity index (χ1n) is 6.95. The molecular weight excluding hydrogens is 224 g/mol. The van der Waals surface area contributed by atoms with Crippen LogP contribution in [0.2, 0.25) is 0 Å². The molecule has 1 aromatic rings. The van der Waals surface area contributed by atoms with Crippen molar-refractivity contribution in [3.8, 4) is 0 Å². The predicted octanol–water partition coefficient (Wildman–Crippen LogP) is 1.97. The van der Waals surface area contributed by atoms with Crippen molar-refractivity contribution in [2.45, 2.75) is 32.7 Å². The van der Waals surface area contributed by atoms with E-state index in [9.17, 15) is 0 Å². The molecule has 0 spiro atoms. The van der Waals surface area contributed by atoms with Crippen LogP contribution >= 0.6 is 0 Å². The fraction of sp³-hybridized carbons (Fsp3) is 0.643. The van der Waals surface area contributed by atoms with Gasteiger partial charge in [0.25, 0.3) is 0 Å². The highest BCUT2D eigenvalue weighted by Crippen LogP contribution is 2.21. The van der Waals surface area contributed by atoms with Gasteiger partial charge in [-0.3, -0.25) is 0 Å². The lowest BCUT2D eigenvalue weighted by molar-refractivity contribution is 0.186. The van der Waals surface area contributed by atoms with Gasteiger partial charge in [0.05, 0.1) is 11.9 Å². The van der Waals surface area contributed by atoms with Crippen LogP contribution in [0.4, 0.5) is 11.5 Å². The Morgan fingerprint density at radius 1 is 1.28 bits per heavy atom. The standard InChI is InChI=1S/C14H24N4/c1-3-17(4-2)13-7-9-18(10-8-13)14-6-5-12(15)11-16-14/h5-6,11,13H,3-4,7-10,15H2,1-2H3. The lowest BCUT2D eigenvalue weighted by Gasteiger charge is -2.38. The molecule has 4 heteroatoms. The molecule has 0 aromatic carbocycles. The van der Waals surface area contributed by atoms with Gasteiger partial charge in [0, 0.05) is 19.1 Å². The molecule has 100 valence electrons. The molecule has 0 bridgehead atoms. The minimum Gasteiger partial charge on any atom is -0.397 e. The minimum atomic E-state index is 0.733. The highest BCUT2D eigenvalue weighted by molar-refractivity contribution is 5.46. The van der Waals surface area contributed by atoms with Crippen molar-refractivity contribution in [2.75, 3.05) is 36.8 Å². The Kier molecular flexibility index (Phi) is 4.42. The van der Waals surface area contributed by atoms with Crippen LogP contribution in [0.3, 0.4) is 0 Å². The van der Waals surface area contributed by atoms with Crippen molar-refractivity contribution in [1.82, 2.24) is 9.88 Å². The molecule has 0 unspecified atom stereocenters. The number of nitrogens with zero attached hydrogens (tertiary/aromatic N) is 3. The summed E-state index contributed by atoms with van der Waals surface area (Å²) < 4.78 is 0. The summed E-state index contributed by atoms with van der Waals surface area (Å²) >= 11 is 0. The van der Waals surface area contributed by atoms with Crippen molar-refractivity contribution in [3.05, 3.63) is 18.3 Å². The Balaban J connectivity index is 1.92. The number of hydrogen-bond donors (Lipinski definition) is 1. The topological polar surface area (TPSA) is 45.4 Å². The van der Waals surface area contributed by atoms with Crippen LogP contribution in [-0.2, 0) is 0 Å². The number of hydrogen-bond acceptors (Lipinski definition) is 4. The number of rotatable bonds is 4. The molecule has 18 heavy (non-hydrogen) atoms. The maximum Gasteiger partial charge on any atom is 0.128 e. The van der Waals surface area contributed by atoms with Gasteiger partial charge in [-0.05, 0) is 38.1 Å². The Hall–Kier alpha value is -1.29. The van der Waals surface area contributed by atoms with Gasteiger partial charge < -0.3 is 15.5 Å². The number of nitrogen functional groups attached to an aromatic ring is 1. The molecule has 0 radical (unpaired) electrons. The first kappa shape index (κ1) is 13.1. The van der Waals surface area contributed by atoms with E-state index in [1.54, 1.807) is 6.20 Å². The van der Waals surface area contributed by atoms with E-state index in [-0.39, 0.29) is 0 Å². The third-order valence-electron chi connectivity index (χ3n) is 3.89. The first-order chi connectivity index (χ1) is 8.74. The van der Waals surface area contributed by atoms with E-state index in [0.29, 0.717) is 0 Å². The summed E-state index contributed by atoms with van der Waals surface area (Å²) in [5.74, 6) is 1.06. The number of piperidine rings is 1. The van der Waals surface area contributed by atoms with Crippen molar-refractivity contribution in [2.24, 2.45) is 0 Å². The Morgan fingerprint density at radius 3 is 2.44 bits per heavy atom. The minimum absolute atomic E-state index is 0.733. The summed E-state index contributed by atoms with van der Waals surface area (Å²) in [6.07, 6.45) is 4.20. The van der Waals surface area contributed by atoms with E-state index < -0.39 is 0 Å². The largest absolute Gasteiger partial charge is 0.397 e. The van der Waals surface area contributed by atoms with Crippen molar-refractivity contribution >= 4 is 11.5 Å². The van der Waals surface area contributed by atoms with Crippen LogP contribution in [0.1, 0.15) is 26.7 Å². The Morgan fingerprint density at radius 2 is 1.94 bits per heavy atom. The fourth-order valence-corrected chi connectivity index (χ4v) is 2.78. The predicted molar refractivity (Wildman–Crippen MR) is 76.8 cm³/mol. The maximum absolute atomic E-state index is 5.67. The van der Waals surface area contributed by atoms with Crippen LogP contribution in [0.25, 0.3) is 0 Å². The summed E-state index contributed by atoms with van der Waals surface area (Å²) in [6.45, 7) is 8.99. The maximum atomic E-state index is 5.67. The second-order valence-electron chi connectivity index (χ2n) is 4.89. The van der Waals surface area contributed by atoms with Crippen LogP contribution in [-0.4, -0.2) is 42.1 Å². The molecule has 0 atom stereocenters. The van der Waals surface area contributed by atoms with Gasteiger partial charge in [0.2, 0.25) is 0 Å². The van der Waals surface area contributed by atoms with Gasteiger partial charge in [-0.15, -0.1) is 0 Å². The van der Waals surface area contributed by atoms with Gasteiger partial charge in [-0.1, -0.05) is 13.8 Å². The highest BCUT2D eigenvalue weighted by atomic mass is 15.2. The number of nitrogens with two attached hydrogens (primary N) is 1. The van der Waals surface area contributed by atoms with Gasteiger partial charge in [0.15, 0.2) is 0 Å². The molecular formula is C14H24N4. The summed E-state index contributed by atoms with van der Waals surface area (Å²) in [5.41, 5.74) is 6.40. The average Bonchev–Trinajstić information content (AvgIpc) is 2.42. The number of aromatic nitrogens is 1. The zero-order chi connectivity index (χ0) is 13.0. The van der Waals surface area contributed by atoms with Crippen LogP contribution < -0.4 is 10.6 Å². The zero-order valence-corrected chi connectivity index (χ0v) is 11.5. The number of anilines is 2. The Bertz CT molecular complexity index is 351. The van der Waals surface area contributed by atoms with E-state index in [2.05, 4.69) is 28.6 Å². The molecule has 4 nitrogen and oxygen atoms in total. The van der Waals surface area contributed by atoms with Crippen LogP contribution in [0.15, 0.2) is 18.3 Å². The lowest BCUT2D eigenvalue weighted by Crippen LogP contribution is -2.45. The van der Waals surface area contributed by atoms with E-state index in [1.807, 2.05) is 12.1 Å². The summed E-state index contributed by atoms with van der Waals surface area (Å²) in [5, 5.41) is 0. The SMILES string of the molecule is CCN(CC)C1CCN(c2ccc(N)cn2)CC1. The van der Waals surface area contributed by atoms with E-state index in [4.69, 9.17) is 5.73 Å². The molecule has 1 aliphatic rings. The van der Waals surface area contributed by atoms with Crippen LogP contribution in [0, 0.1) is 0 Å². The third kappa shape index (κ3) is 2.93. The normalized spacial score (nSPS) is 17.4. The molecule has 0 amide bonds. The number of pyridine rings is 1. The van der Waals surface area contributed by atoms with Crippen LogP contribution in [0.5, 0.6) is 0 Å². The van der Waals surface area contributed by atoms with Gasteiger partial charge in [0.1, 0.15) is 5.82 Å². The molecule has 1 saturated heterocycles. The fourth-order valence-electron chi connectivity index (χ4n) is 2.78. The monoisotopic (exact) mass is 248 g/mol. The molecule has 2 N–H and O–H groups in total. The zero-order valence-electron chi connectivity index (χ0n) is 11.5. The quantitative estimate of drug-likeness (QED) is 0.885. The molecule has 1 aliphatic heterocycles. The van der Waals surface area contributed by atoms with E-state index in [0.717, 1.165) is 43.7 Å². The highest BCUT2D eigenvalue weighted by Gasteiger charge is 2.23. The van der Waals surface area contributed by atoms with E-state index in [1.165, 1.54) is 12.8 Å². The summed E-state index contributed by atoms with van der Waals surface area (Å²) in [4.78, 5) is 9.32. The van der Waals surface area contributed by atoms with Gasteiger partial charge >= 0.3 is 0 Å². The van der Waals surface area contributed by atoms with E-state index >= 15 is 0 Å². The first-order valence-corrected chi connectivity index (χ1v) is 6.95. The average molecular weight is 248 g/mol. The molecule has 1 fully saturated rings. The molecule has 1 aromatic heterocycles. The second-order valence-corrected chi connectivity index (χ2v) is 4.89. The second kappa shape index (κ2) is 6.05. The molecule has 2 rings (SSSR count). The smallest absolute Gasteiger partial charge is 0.128 e. The van der Waals surface area contributed by atoms with Crippen molar-refractivity contribution in [3.63, 3.8) is 0 Å². The summed E-state index contributed by atoms with van der Waals surface area (Å²) in [6, 6.07) is 4.69. The van der Waals surface area contributed by atoms with Crippen molar-refractivity contribution < 1.29 is 0 Å². The summed E-state index contributed by atoms with van der Waals surface area (Å²) in [7, 11) is 0. The lowest BCUT2D eigenvalue weighted by atomic mass is 10.0. The Labute approximate surface area is 110 Å². The third-order valence-corrected chi connectivity index (χ3v) is 3.89. The van der Waals surface area contributed by atoms with Gasteiger partial charge in [-0.2, -0.15) is 0 Å². The molecule has 0 saturated carbocycles.